The molecule has 0 spiro atoms. The molecule has 26 heavy (non-hydrogen) atoms. The minimum Gasteiger partial charge on any atom is -0.326 e. The van der Waals surface area contributed by atoms with E-state index >= 15 is 0 Å². The van der Waals surface area contributed by atoms with Crippen molar-refractivity contribution in [1.29, 1.82) is 0 Å². The van der Waals surface area contributed by atoms with Gasteiger partial charge in [-0.25, -0.2) is 9.59 Å². The second kappa shape index (κ2) is 6.86. The van der Waals surface area contributed by atoms with Crippen LogP contribution < -0.4 is 11.0 Å². The molecule has 8 heteroatoms. The fourth-order valence-electron chi connectivity index (χ4n) is 3.83. The summed E-state index contributed by atoms with van der Waals surface area (Å²) in [6.45, 7) is 2.82. The van der Waals surface area contributed by atoms with Crippen molar-refractivity contribution in [2.24, 2.45) is 5.92 Å². The van der Waals surface area contributed by atoms with Crippen molar-refractivity contribution in [2.75, 3.05) is 31.5 Å². The lowest BCUT2D eigenvalue weighted by molar-refractivity contribution is -0.121. The molecule has 1 aromatic heterocycles. The highest BCUT2D eigenvalue weighted by atomic mass is 16.2. The third-order valence-electron chi connectivity index (χ3n) is 5.22. The van der Waals surface area contributed by atoms with E-state index < -0.39 is 0 Å². The Morgan fingerprint density at radius 3 is 2.54 bits per heavy atom. The van der Waals surface area contributed by atoms with Gasteiger partial charge in [-0.1, -0.05) is 0 Å². The van der Waals surface area contributed by atoms with E-state index in [0.717, 1.165) is 45.3 Å². The van der Waals surface area contributed by atoms with Gasteiger partial charge in [-0.3, -0.25) is 4.79 Å². The lowest BCUT2D eigenvalue weighted by Gasteiger charge is -2.34. The van der Waals surface area contributed by atoms with Crippen LogP contribution in [0.2, 0.25) is 0 Å². The van der Waals surface area contributed by atoms with E-state index in [2.05, 4.69) is 15.3 Å². The van der Waals surface area contributed by atoms with Crippen molar-refractivity contribution in [3.63, 3.8) is 0 Å². The summed E-state index contributed by atoms with van der Waals surface area (Å²) in [7, 11) is 0. The first kappa shape index (κ1) is 16.7. The van der Waals surface area contributed by atoms with Crippen molar-refractivity contribution >= 4 is 28.7 Å². The molecule has 3 N–H and O–H groups in total. The molecule has 0 aliphatic carbocycles. The Morgan fingerprint density at radius 2 is 1.73 bits per heavy atom. The van der Waals surface area contributed by atoms with Crippen LogP contribution in [0.5, 0.6) is 0 Å². The number of hydrogen-bond acceptors (Lipinski definition) is 3. The van der Waals surface area contributed by atoms with Gasteiger partial charge in [0, 0.05) is 31.9 Å². The molecule has 0 saturated carbocycles. The van der Waals surface area contributed by atoms with Crippen LogP contribution in [-0.4, -0.2) is 57.9 Å². The molecule has 0 bridgehead atoms. The maximum absolute atomic E-state index is 12.7. The van der Waals surface area contributed by atoms with Gasteiger partial charge in [0.1, 0.15) is 0 Å². The Balaban J connectivity index is 1.41. The quantitative estimate of drug-likeness (QED) is 0.763. The lowest BCUT2D eigenvalue weighted by atomic mass is 9.97. The van der Waals surface area contributed by atoms with Gasteiger partial charge in [-0.15, -0.1) is 0 Å². The second-order valence-corrected chi connectivity index (χ2v) is 7.09. The van der Waals surface area contributed by atoms with Gasteiger partial charge in [0.15, 0.2) is 0 Å². The molecular weight excluding hydrogens is 334 g/mol. The predicted molar refractivity (Wildman–Crippen MR) is 98.0 cm³/mol. The van der Waals surface area contributed by atoms with Crippen LogP contribution >= 0.6 is 0 Å². The SMILES string of the molecule is O=C(Nc1ccc2[nH]c(=O)[nH]c2c1)C1CCCN(C(=O)N2CCCC2)C1. The van der Waals surface area contributed by atoms with Crippen molar-refractivity contribution in [1.82, 2.24) is 19.8 Å². The standard InChI is InChI=1S/C18H23N5O3/c24-16(19-13-5-6-14-15(10-13)21-17(25)20-14)12-4-3-9-23(11-12)18(26)22-7-1-2-8-22/h5-6,10,12H,1-4,7-9,11H2,(H,19,24)(H2,20,21,25). The molecule has 3 amide bonds. The van der Waals surface area contributed by atoms with Gasteiger partial charge in [0.05, 0.1) is 17.0 Å². The number of benzene rings is 1. The van der Waals surface area contributed by atoms with Crippen LogP contribution in [0, 0.1) is 5.92 Å². The first-order chi connectivity index (χ1) is 12.6. The van der Waals surface area contributed by atoms with Crippen LogP contribution in [0.4, 0.5) is 10.5 Å². The van der Waals surface area contributed by atoms with Crippen LogP contribution in [-0.2, 0) is 4.79 Å². The number of urea groups is 1. The minimum atomic E-state index is -0.271. The minimum absolute atomic E-state index is 0.0614. The van der Waals surface area contributed by atoms with Crippen LogP contribution in [0.3, 0.4) is 0 Å². The van der Waals surface area contributed by atoms with E-state index in [4.69, 9.17) is 0 Å². The number of anilines is 1. The summed E-state index contributed by atoms with van der Waals surface area (Å²) in [6.07, 6.45) is 3.74. The number of likely N-dealkylation sites (tertiary alicyclic amines) is 2. The molecule has 3 heterocycles. The molecular formula is C18H23N5O3. The summed E-state index contributed by atoms with van der Waals surface area (Å²) in [5.41, 5.74) is 1.72. The summed E-state index contributed by atoms with van der Waals surface area (Å²) < 4.78 is 0. The molecule has 8 nitrogen and oxygen atoms in total. The fraction of sp³-hybridized carbons (Fsp3) is 0.500. The number of rotatable bonds is 2. The van der Waals surface area contributed by atoms with E-state index in [9.17, 15) is 14.4 Å². The number of aromatic nitrogens is 2. The number of hydrogen-bond donors (Lipinski definition) is 3. The van der Waals surface area contributed by atoms with Crippen molar-refractivity contribution in [3.05, 3.63) is 28.7 Å². The number of carbonyl (C=O) groups is 2. The van der Waals surface area contributed by atoms with Gasteiger partial charge < -0.3 is 25.1 Å². The Hall–Kier alpha value is -2.77. The highest BCUT2D eigenvalue weighted by molar-refractivity contribution is 5.95. The third-order valence-corrected chi connectivity index (χ3v) is 5.22. The van der Waals surface area contributed by atoms with E-state index in [1.807, 2.05) is 9.80 Å². The number of amides is 3. The summed E-state index contributed by atoms with van der Waals surface area (Å²) >= 11 is 0. The summed E-state index contributed by atoms with van der Waals surface area (Å²) in [5.74, 6) is -0.294. The number of carbonyl (C=O) groups excluding carboxylic acids is 2. The first-order valence-corrected chi connectivity index (χ1v) is 9.17. The monoisotopic (exact) mass is 357 g/mol. The van der Waals surface area contributed by atoms with Crippen molar-refractivity contribution in [3.8, 4) is 0 Å². The highest BCUT2D eigenvalue weighted by Gasteiger charge is 2.31. The van der Waals surface area contributed by atoms with E-state index in [1.165, 1.54) is 0 Å². The average Bonchev–Trinajstić information content (AvgIpc) is 3.29. The van der Waals surface area contributed by atoms with Crippen LogP contribution in [0.1, 0.15) is 25.7 Å². The van der Waals surface area contributed by atoms with Gasteiger partial charge >= 0.3 is 11.7 Å². The smallest absolute Gasteiger partial charge is 0.323 e. The molecule has 1 unspecified atom stereocenters. The first-order valence-electron chi connectivity index (χ1n) is 9.17. The highest BCUT2D eigenvalue weighted by Crippen LogP contribution is 2.22. The van der Waals surface area contributed by atoms with E-state index in [1.54, 1.807) is 18.2 Å². The summed E-state index contributed by atoms with van der Waals surface area (Å²) in [6, 6.07) is 5.32. The number of fused-ring (bicyclic) bond motifs is 1. The van der Waals surface area contributed by atoms with Gasteiger partial charge in [0.2, 0.25) is 5.91 Å². The van der Waals surface area contributed by atoms with Crippen molar-refractivity contribution in [2.45, 2.75) is 25.7 Å². The Kier molecular flexibility index (Phi) is 4.40. The van der Waals surface area contributed by atoms with Gasteiger partial charge in [-0.05, 0) is 43.9 Å². The molecule has 2 saturated heterocycles. The zero-order valence-electron chi connectivity index (χ0n) is 14.6. The molecule has 4 rings (SSSR count). The van der Waals surface area contributed by atoms with Crippen LogP contribution in [0.15, 0.2) is 23.0 Å². The van der Waals surface area contributed by atoms with Crippen LogP contribution in [0.25, 0.3) is 11.0 Å². The molecule has 2 aliphatic rings. The Bertz CT molecular complexity index is 880. The maximum Gasteiger partial charge on any atom is 0.323 e. The average molecular weight is 357 g/mol. The van der Waals surface area contributed by atoms with Gasteiger partial charge in [0.25, 0.3) is 0 Å². The second-order valence-electron chi connectivity index (χ2n) is 7.09. The fourth-order valence-corrected chi connectivity index (χ4v) is 3.83. The summed E-state index contributed by atoms with van der Waals surface area (Å²) in [5, 5.41) is 2.92. The molecule has 2 aromatic rings. The molecule has 1 atom stereocenters. The largest absolute Gasteiger partial charge is 0.326 e. The number of aromatic amines is 2. The topological polar surface area (TPSA) is 101 Å². The molecule has 2 fully saturated rings. The predicted octanol–water partition coefficient (Wildman–Crippen LogP) is 1.72. The third kappa shape index (κ3) is 3.31. The summed E-state index contributed by atoms with van der Waals surface area (Å²) in [4.78, 5) is 45.6. The molecule has 2 aliphatic heterocycles. The zero-order valence-corrected chi connectivity index (χ0v) is 14.6. The molecule has 0 radical (unpaired) electrons. The number of piperidine rings is 1. The lowest BCUT2D eigenvalue weighted by Crippen LogP contribution is -2.48. The number of imidazole rings is 1. The maximum atomic E-state index is 12.7. The van der Waals surface area contributed by atoms with E-state index in [-0.39, 0.29) is 23.5 Å². The normalized spacial score (nSPS) is 20.5. The molecule has 138 valence electrons. The number of nitrogens with one attached hydrogen (secondary N) is 3. The number of nitrogens with zero attached hydrogens (tertiary/aromatic N) is 2. The number of H-pyrrole nitrogens is 2. The zero-order chi connectivity index (χ0) is 18.1. The Labute approximate surface area is 150 Å². The Morgan fingerprint density at radius 1 is 1.00 bits per heavy atom. The van der Waals surface area contributed by atoms with Crippen molar-refractivity contribution < 1.29 is 9.59 Å². The molecule has 1 aromatic carbocycles. The van der Waals surface area contributed by atoms with Gasteiger partial charge in [-0.2, -0.15) is 0 Å². The van der Waals surface area contributed by atoms with E-state index in [0.29, 0.717) is 23.3 Å².